The largest absolute Gasteiger partial charge is 0.494 e. The highest BCUT2D eigenvalue weighted by Crippen LogP contribution is 2.33. The van der Waals surface area contributed by atoms with Gasteiger partial charge in [-0.25, -0.2) is 4.79 Å². The smallest absolute Gasteiger partial charge is 0.339 e. The Labute approximate surface area is 230 Å². The number of nitrogens with zero attached hydrogens (tertiary/aromatic N) is 1. The zero-order valence-corrected chi connectivity index (χ0v) is 22.3. The van der Waals surface area contributed by atoms with Crippen molar-refractivity contribution < 1.29 is 23.7 Å². The number of rotatable bonds is 8. The number of hydrogen-bond acceptors (Lipinski definition) is 7. The van der Waals surface area contributed by atoms with Gasteiger partial charge >= 0.3 is 5.97 Å². The first-order valence-electron chi connectivity index (χ1n) is 12.4. The molecule has 1 aliphatic rings. The third-order valence-electron chi connectivity index (χ3n) is 6.24. The second kappa shape index (κ2) is 11.4. The van der Waals surface area contributed by atoms with Crippen molar-refractivity contribution >= 4 is 39.9 Å². The van der Waals surface area contributed by atoms with Gasteiger partial charge in [-0.15, -0.1) is 0 Å². The van der Waals surface area contributed by atoms with Crippen LogP contribution in [0, 0.1) is 0 Å². The zero-order valence-electron chi connectivity index (χ0n) is 21.5. The summed E-state index contributed by atoms with van der Waals surface area (Å²) in [4.78, 5) is 30.2. The van der Waals surface area contributed by atoms with Gasteiger partial charge in [0.2, 0.25) is 6.79 Å². The molecule has 0 amide bonds. The molecule has 10 heteroatoms. The zero-order chi connectivity index (χ0) is 27.4. The summed E-state index contributed by atoms with van der Waals surface area (Å²) >= 11 is 5.81. The number of para-hydroxylation sites is 1. The van der Waals surface area contributed by atoms with E-state index in [4.69, 9.17) is 31.2 Å². The fraction of sp³-hybridized carbons (Fsp3) is 0.207. The number of pyridine rings is 1. The van der Waals surface area contributed by atoms with E-state index in [0.717, 1.165) is 16.7 Å². The molecule has 0 saturated heterocycles. The van der Waals surface area contributed by atoms with Crippen molar-refractivity contribution in [2.45, 2.75) is 20.0 Å². The van der Waals surface area contributed by atoms with Crippen LogP contribution in [0.5, 0.6) is 17.2 Å². The third-order valence-corrected chi connectivity index (χ3v) is 6.60. The van der Waals surface area contributed by atoms with E-state index in [1.54, 1.807) is 24.3 Å². The minimum atomic E-state index is -0.487. The summed E-state index contributed by atoms with van der Waals surface area (Å²) in [5.41, 5.74) is 2.75. The van der Waals surface area contributed by atoms with Gasteiger partial charge in [-0.1, -0.05) is 18.2 Å². The van der Waals surface area contributed by atoms with Crippen molar-refractivity contribution in [2.24, 2.45) is 0 Å². The molecule has 0 atom stereocenters. The second-order valence-electron chi connectivity index (χ2n) is 8.82. The molecule has 2 N–H and O–H groups in total. The Kier molecular flexibility index (Phi) is 7.64. The van der Waals surface area contributed by atoms with E-state index in [1.807, 2.05) is 54.3 Å². The SMILES string of the molecule is CCOc1ccc2[nH]c(=O)c(CN(Cc3ccc4c(c3)OCO4)C(=S)Nc3ccccc3C(=O)OC)cc2c1. The normalized spacial score (nSPS) is 11.7. The Morgan fingerprint density at radius 3 is 2.69 bits per heavy atom. The number of nitrogens with one attached hydrogen (secondary N) is 2. The third kappa shape index (κ3) is 5.80. The maximum absolute atomic E-state index is 13.1. The summed E-state index contributed by atoms with van der Waals surface area (Å²) < 4.78 is 21.5. The van der Waals surface area contributed by atoms with Crippen molar-refractivity contribution in [1.29, 1.82) is 0 Å². The molecule has 3 aromatic carbocycles. The lowest BCUT2D eigenvalue weighted by molar-refractivity contribution is 0.0602. The number of carbonyl (C=O) groups is 1. The van der Waals surface area contributed by atoms with Crippen LogP contribution in [-0.2, 0) is 17.8 Å². The van der Waals surface area contributed by atoms with Crippen LogP contribution in [0.15, 0.2) is 71.5 Å². The lowest BCUT2D eigenvalue weighted by atomic mass is 10.1. The number of esters is 1. The molecule has 0 bridgehead atoms. The minimum Gasteiger partial charge on any atom is -0.494 e. The summed E-state index contributed by atoms with van der Waals surface area (Å²) in [6.07, 6.45) is 0. The van der Waals surface area contributed by atoms with E-state index in [-0.39, 0.29) is 18.9 Å². The molecular weight excluding hydrogens is 518 g/mol. The van der Waals surface area contributed by atoms with Gasteiger partial charge in [0.25, 0.3) is 5.56 Å². The molecule has 200 valence electrons. The molecule has 1 aliphatic heterocycles. The van der Waals surface area contributed by atoms with E-state index in [0.29, 0.717) is 52.1 Å². The summed E-state index contributed by atoms with van der Waals surface area (Å²) in [6, 6.07) is 20.0. The highest BCUT2D eigenvalue weighted by molar-refractivity contribution is 7.80. The quantitative estimate of drug-likeness (QED) is 0.238. The number of carbonyl (C=O) groups excluding carboxylic acids is 1. The molecule has 9 nitrogen and oxygen atoms in total. The number of hydrogen-bond donors (Lipinski definition) is 2. The summed E-state index contributed by atoms with van der Waals surface area (Å²) in [7, 11) is 1.33. The average molecular weight is 546 g/mol. The Bertz CT molecular complexity index is 1600. The topological polar surface area (TPSA) is 102 Å². The number of fused-ring (bicyclic) bond motifs is 2. The van der Waals surface area contributed by atoms with Crippen LogP contribution in [0.25, 0.3) is 10.9 Å². The fourth-order valence-corrected chi connectivity index (χ4v) is 4.58. The fourth-order valence-electron chi connectivity index (χ4n) is 4.34. The monoisotopic (exact) mass is 545 g/mol. The van der Waals surface area contributed by atoms with Crippen molar-refractivity contribution in [2.75, 3.05) is 25.8 Å². The van der Waals surface area contributed by atoms with Crippen LogP contribution < -0.4 is 25.1 Å². The van der Waals surface area contributed by atoms with Crippen LogP contribution in [0.2, 0.25) is 0 Å². The number of aromatic nitrogens is 1. The Morgan fingerprint density at radius 2 is 1.87 bits per heavy atom. The lowest BCUT2D eigenvalue weighted by Crippen LogP contribution is -2.36. The molecule has 1 aromatic heterocycles. The number of ether oxygens (including phenoxy) is 4. The van der Waals surface area contributed by atoms with E-state index in [1.165, 1.54) is 7.11 Å². The first-order valence-corrected chi connectivity index (χ1v) is 12.8. The molecule has 0 radical (unpaired) electrons. The minimum absolute atomic E-state index is 0.170. The van der Waals surface area contributed by atoms with Gasteiger partial charge in [-0.2, -0.15) is 0 Å². The van der Waals surface area contributed by atoms with E-state index >= 15 is 0 Å². The number of H-pyrrole nitrogens is 1. The van der Waals surface area contributed by atoms with E-state index in [2.05, 4.69) is 10.3 Å². The summed E-state index contributed by atoms with van der Waals surface area (Å²) in [6.45, 7) is 3.19. The summed E-state index contributed by atoms with van der Waals surface area (Å²) in [5.74, 6) is 1.56. The van der Waals surface area contributed by atoms with Crippen LogP contribution >= 0.6 is 12.2 Å². The van der Waals surface area contributed by atoms with E-state index < -0.39 is 5.97 Å². The Hall–Kier alpha value is -4.57. The predicted molar refractivity (Wildman–Crippen MR) is 152 cm³/mol. The van der Waals surface area contributed by atoms with E-state index in [9.17, 15) is 9.59 Å². The standard InChI is InChI=1S/C29H27N3O6S/c1-3-36-21-9-10-23-19(14-21)13-20(27(33)30-23)16-32(15-18-8-11-25-26(12-18)38-17-37-25)29(39)31-24-7-5-4-6-22(24)28(34)35-2/h4-14H,3,15-17H2,1-2H3,(H,30,33)(H,31,39). The van der Waals surface area contributed by atoms with Crippen molar-refractivity contribution in [3.8, 4) is 17.2 Å². The molecule has 5 rings (SSSR count). The molecule has 0 fully saturated rings. The van der Waals surface area contributed by atoms with Crippen LogP contribution in [0.3, 0.4) is 0 Å². The first-order chi connectivity index (χ1) is 18.9. The molecule has 4 aromatic rings. The maximum atomic E-state index is 13.1. The van der Waals surface area contributed by atoms with Gasteiger partial charge in [0.15, 0.2) is 16.6 Å². The highest BCUT2D eigenvalue weighted by atomic mass is 32.1. The molecule has 39 heavy (non-hydrogen) atoms. The van der Waals surface area contributed by atoms with Crippen LogP contribution in [0.4, 0.5) is 5.69 Å². The Morgan fingerprint density at radius 1 is 1.05 bits per heavy atom. The number of anilines is 1. The molecular formula is C29H27N3O6S. The predicted octanol–water partition coefficient (Wildman–Crippen LogP) is 4.84. The summed E-state index contributed by atoms with van der Waals surface area (Å²) in [5, 5.41) is 4.34. The molecule has 0 unspecified atom stereocenters. The molecule has 2 heterocycles. The average Bonchev–Trinajstić information content (AvgIpc) is 3.41. The van der Waals surface area contributed by atoms with Gasteiger partial charge in [0.05, 0.1) is 31.5 Å². The molecule has 0 spiro atoms. The van der Waals surface area contributed by atoms with Gasteiger partial charge in [0.1, 0.15) is 5.75 Å². The maximum Gasteiger partial charge on any atom is 0.339 e. The number of thiocarbonyl (C=S) groups is 1. The van der Waals surface area contributed by atoms with Gasteiger partial charge in [-0.05, 0) is 73.2 Å². The van der Waals surface area contributed by atoms with Gasteiger partial charge in [0, 0.05) is 23.0 Å². The van der Waals surface area contributed by atoms with Gasteiger partial charge < -0.3 is 34.1 Å². The van der Waals surface area contributed by atoms with Crippen LogP contribution in [0.1, 0.15) is 28.4 Å². The molecule has 0 saturated carbocycles. The number of methoxy groups -OCH3 is 1. The van der Waals surface area contributed by atoms with Gasteiger partial charge in [-0.3, -0.25) is 4.79 Å². The van der Waals surface area contributed by atoms with Crippen molar-refractivity contribution in [1.82, 2.24) is 9.88 Å². The number of benzene rings is 3. The number of aromatic amines is 1. The van der Waals surface area contributed by atoms with Crippen molar-refractivity contribution in [3.05, 3.63) is 93.8 Å². The molecule has 0 aliphatic carbocycles. The van der Waals surface area contributed by atoms with Crippen molar-refractivity contribution in [3.63, 3.8) is 0 Å². The Balaban J connectivity index is 1.48. The highest BCUT2D eigenvalue weighted by Gasteiger charge is 2.20. The second-order valence-corrected chi connectivity index (χ2v) is 9.20. The first kappa shape index (κ1) is 26.1. The van der Waals surface area contributed by atoms with Crippen LogP contribution in [-0.4, -0.2) is 41.5 Å². The lowest BCUT2D eigenvalue weighted by Gasteiger charge is -2.26.